The Balaban J connectivity index is 2.25. The van der Waals surface area contributed by atoms with Gasteiger partial charge in [0.2, 0.25) is 0 Å². The van der Waals surface area contributed by atoms with Gasteiger partial charge in [0.05, 0.1) is 5.52 Å². The van der Waals surface area contributed by atoms with Gasteiger partial charge in [0.25, 0.3) is 0 Å². The molecule has 0 atom stereocenters. The van der Waals surface area contributed by atoms with Gasteiger partial charge in [0.15, 0.2) is 0 Å². The van der Waals surface area contributed by atoms with Crippen LogP contribution in [0.2, 0.25) is 0 Å². The largest absolute Gasteiger partial charge is 0.398 e. The summed E-state index contributed by atoms with van der Waals surface area (Å²) in [6, 6.07) is 4.18. The smallest absolute Gasteiger partial charge is 0.0927 e. The van der Waals surface area contributed by atoms with Gasteiger partial charge < -0.3 is 5.73 Å². The zero-order valence-corrected chi connectivity index (χ0v) is 8.20. The summed E-state index contributed by atoms with van der Waals surface area (Å²) in [6.45, 7) is 0. The molecule has 0 aliphatic heterocycles. The van der Waals surface area contributed by atoms with Gasteiger partial charge in [0, 0.05) is 24.3 Å². The van der Waals surface area contributed by atoms with Crippen molar-refractivity contribution in [3.05, 3.63) is 23.9 Å². The SMILES string of the molecule is Cn1cc2cc(N)c(C3CC3)cc2n1. The molecule has 1 fully saturated rings. The number of fused-ring (bicyclic) bond motifs is 1. The monoisotopic (exact) mass is 187 g/mol. The molecule has 0 radical (unpaired) electrons. The van der Waals surface area contributed by atoms with Crippen LogP contribution in [0.3, 0.4) is 0 Å². The van der Waals surface area contributed by atoms with E-state index < -0.39 is 0 Å². The number of nitrogens with zero attached hydrogens (tertiary/aromatic N) is 2. The van der Waals surface area contributed by atoms with Gasteiger partial charge in [-0.15, -0.1) is 0 Å². The van der Waals surface area contributed by atoms with Crippen LogP contribution < -0.4 is 5.73 Å². The molecule has 1 heterocycles. The molecule has 3 heteroatoms. The van der Waals surface area contributed by atoms with E-state index in [1.54, 1.807) is 0 Å². The minimum absolute atomic E-state index is 0.696. The number of anilines is 1. The number of benzene rings is 1. The Morgan fingerprint density at radius 3 is 2.93 bits per heavy atom. The molecule has 1 aliphatic carbocycles. The van der Waals surface area contributed by atoms with Crippen molar-refractivity contribution < 1.29 is 0 Å². The van der Waals surface area contributed by atoms with Gasteiger partial charge in [0.1, 0.15) is 0 Å². The van der Waals surface area contributed by atoms with Gasteiger partial charge in [-0.1, -0.05) is 0 Å². The minimum atomic E-state index is 0.696. The van der Waals surface area contributed by atoms with Crippen LogP contribution in [0.25, 0.3) is 10.9 Å². The maximum atomic E-state index is 6.00. The van der Waals surface area contributed by atoms with Crippen molar-refractivity contribution in [2.75, 3.05) is 5.73 Å². The summed E-state index contributed by atoms with van der Waals surface area (Å²) < 4.78 is 1.83. The van der Waals surface area contributed by atoms with E-state index in [4.69, 9.17) is 5.73 Å². The summed E-state index contributed by atoms with van der Waals surface area (Å²) in [5, 5.41) is 5.52. The molecule has 14 heavy (non-hydrogen) atoms. The Labute approximate surface area is 82.5 Å². The molecule has 0 unspecified atom stereocenters. The third kappa shape index (κ3) is 1.09. The summed E-state index contributed by atoms with van der Waals surface area (Å²) in [5.74, 6) is 0.696. The highest BCUT2D eigenvalue weighted by Crippen LogP contribution is 2.43. The maximum absolute atomic E-state index is 6.00. The minimum Gasteiger partial charge on any atom is -0.398 e. The molecule has 2 N–H and O–H groups in total. The molecule has 0 spiro atoms. The lowest BCUT2D eigenvalue weighted by atomic mass is 10.1. The Hall–Kier alpha value is -1.51. The number of hydrogen-bond donors (Lipinski definition) is 1. The molecular weight excluding hydrogens is 174 g/mol. The van der Waals surface area contributed by atoms with Crippen LogP contribution in [0, 0.1) is 0 Å². The highest BCUT2D eigenvalue weighted by Gasteiger charge is 2.26. The number of hydrogen-bond acceptors (Lipinski definition) is 2. The molecule has 3 rings (SSSR count). The first-order valence-electron chi connectivity index (χ1n) is 4.97. The second-order valence-electron chi connectivity index (χ2n) is 4.12. The van der Waals surface area contributed by atoms with E-state index in [1.165, 1.54) is 18.4 Å². The second-order valence-corrected chi connectivity index (χ2v) is 4.12. The van der Waals surface area contributed by atoms with Gasteiger partial charge in [-0.25, -0.2) is 0 Å². The van der Waals surface area contributed by atoms with Gasteiger partial charge in [-0.05, 0) is 36.5 Å². The molecular formula is C11H13N3. The van der Waals surface area contributed by atoms with Gasteiger partial charge >= 0.3 is 0 Å². The highest BCUT2D eigenvalue weighted by atomic mass is 15.2. The second kappa shape index (κ2) is 2.50. The zero-order valence-electron chi connectivity index (χ0n) is 8.20. The molecule has 3 nitrogen and oxygen atoms in total. The Kier molecular flexibility index (Phi) is 1.40. The van der Waals surface area contributed by atoms with Gasteiger partial charge in [-0.3, -0.25) is 4.68 Å². The van der Waals surface area contributed by atoms with Crippen molar-refractivity contribution in [2.45, 2.75) is 18.8 Å². The van der Waals surface area contributed by atoms with Crippen molar-refractivity contribution in [3.63, 3.8) is 0 Å². The Morgan fingerprint density at radius 1 is 1.43 bits per heavy atom. The maximum Gasteiger partial charge on any atom is 0.0927 e. The van der Waals surface area contributed by atoms with Crippen molar-refractivity contribution in [2.24, 2.45) is 7.05 Å². The van der Waals surface area contributed by atoms with Gasteiger partial charge in [-0.2, -0.15) is 5.10 Å². The van der Waals surface area contributed by atoms with Crippen molar-refractivity contribution in [1.82, 2.24) is 9.78 Å². The standard InChI is InChI=1S/C11H13N3/c1-14-6-8-4-10(12)9(7-2-3-7)5-11(8)13-14/h4-7H,2-3,12H2,1H3. The summed E-state index contributed by atoms with van der Waals surface area (Å²) in [6.07, 6.45) is 4.56. The fourth-order valence-electron chi connectivity index (χ4n) is 1.98. The lowest BCUT2D eigenvalue weighted by Crippen LogP contribution is -1.92. The number of nitrogen functional groups attached to an aromatic ring is 1. The van der Waals surface area contributed by atoms with Crippen molar-refractivity contribution in [3.8, 4) is 0 Å². The summed E-state index contributed by atoms with van der Waals surface area (Å²) in [5.41, 5.74) is 9.27. The third-order valence-electron chi connectivity index (χ3n) is 2.84. The third-order valence-corrected chi connectivity index (χ3v) is 2.84. The highest BCUT2D eigenvalue weighted by molar-refractivity contribution is 5.83. The number of aryl methyl sites for hydroxylation is 1. The molecule has 1 aromatic heterocycles. The van der Waals surface area contributed by atoms with Crippen LogP contribution in [0.1, 0.15) is 24.3 Å². The molecule has 0 saturated heterocycles. The van der Waals surface area contributed by atoms with E-state index in [1.807, 2.05) is 24.0 Å². The lowest BCUT2D eigenvalue weighted by molar-refractivity contribution is 0.779. The van der Waals surface area contributed by atoms with Crippen LogP contribution in [-0.2, 0) is 7.05 Å². The quantitative estimate of drug-likeness (QED) is 0.694. The summed E-state index contributed by atoms with van der Waals surface area (Å²) >= 11 is 0. The fraction of sp³-hybridized carbons (Fsp3) is 0.364. The number of rotatable bonds is 1. The summed E-state index contributed by atoms with van der Waals surface area (Å²) in [7, 11) is 1.94. The summed E-state index contributed by atoms with van der Waals surface area (Å²) in [4.78, 5) is 0. The first-order chi connectivity index (χ1) is 6.74. The van der Waals surface area contributed by atoms with Crippen LogP contribution in [0.4, 0.5) is 5.69 Å². The van der Waals surface area contributed by atoms with E-state index in [2.05, 4.69) is 11.2 Å². The molecule has 0 amide bonds. The first kappa shape index (κ1) is 7.85. The Morgan fingerprint density at radius 2 is 2.21 bits per heavy atom. The zero-order chi connectivity index (χ0) is 9.71. The van der Waals surface area contributed by atoms with E-state index in [9.17, 15) is 0 Å². The predicted octanol–water partition coefficient (Wildman–Crippen LogP) is 2.03. The number of aromatic nitrogens is 2. The van der Waals surface area contributed by atoms with Crippen LogP contribution in [-0.4, -0.2) is 9.78 Å². The average Bonchev–Trinajstić information content (AvgIpc) is 2.88. The molecule has 72 valence electrons. The predicted molar refractivity (Wildman–Crippen MR) is 57.1 cm³/mol. The normalized spacial score (nSPS) is 16.4. The average molecular weight is 187 g/mol. The van der Waals surface area contributed by atoms with Crippen molar-refractivity contribution >= 4 is 16.6 Å². The molecule has 1 aromatic carbocycles. The van der Waals surface area contributed by atoms with E-state index in [0.29, 0.717) is 5.92 Å². The van der Waals surface area contributed by atoms with E-state index in [0.717, 1.165) is 16.6 Å². The molecule has 1 saturated carbocycles. The van der Waals surface area contributed by atoms with Crippen molar-refractivity contribution in [1.29, 1.82) is 0 Å². The topological polar surface area (TPSA) is 43.8 Å². The molecule has 0 bridgehead atoms. The lowest BCUT2D eigenvalue weighted by Gasteiger charge is -2.02. The van der Waals surface area contributed by atoms with Crippen LogP contribution in [0.15, 0.2) is 18.3 Å². The first-order valence-corrected chi connectivity index (χ1v) is 4.97. The van der Waals surface area contributed by atoms with E-state index in [-0.39, 0.29) is 0 Å². The van der Waals surface area contributed by atoms with Crippen LogP contribution >= 0.6 is 0 Å². The molecule has 2 aromatic rings. The molecule has 1 aliphatic rings. The Bertz CT molecular complexity index is 494. The fourth-order valence-corrected chi connectivity index (χ4v) is 1.98. The van der Waals surface area contributed by atoms with E-state index >= 15 is 0 Å². The number of nitrogens with two attached hydrogens (primary N) is 1. The van der Waals surface area contributed by atoms with Crippen LogP contribution in [0.5, 0.6) is 0 Å².